The van der Waals surface area contributed by atoms with Gasteiger partial charge in [-0.25, -0.2) is 13.1 Å². The van der Waals surface area contributed by atoms with Gasteiger partial charge < -0.3 is 10.2 Å². The lowest BCUT2D eigenvalue weighted by atomic mass is 10.2. The zero-order chi connectivity index (χ0) is 19.7. The summed E-state index contributed by atoms with van der Waals surface area (Å²) in [6, 6.07) is 8.87. The van der Waals surface area contributed by atoms with E-state index in [0.29, 0.717) is 12.2 Å². The maximum atomic E-state index is 12.9. The fourth-order valence-corrected chi connectivity index (χ4v) is 5.62. The highest BCUT2D eigenvalue weighted by molar-refractivity contribution is 7.89. The van der Waals surface area contributed by atoms with Crippen LogP contribution in [0.5, 0.6) is 0 Å². The molecule has 7 nitrogen and oxygen atoms in total. The number of amides is 1. The number of nitrogens with zero attached hydrogens (tertiary/aromatic N) is 2. The molecule has 0 aliphatic carbocycles. The van der Waals surface area contributed by atoms with E-state index < -0.39 is 10.0 Å². The van der Waals surface area contributed by atoms with Crippen LogP contribution in [-0.2, 0) is 21.2 Å². The third-order valence-electron chi connectivity index (χ3n) is 5.33. The third-order valence-corrected chi connectivity index (χ3v) is 7.72. The average Bonchev–Trinajstić information content (AvgIpc) is 3.31. The second-order valence-electron chi connectivity index (χ2n) is 7.27. The molecule has 28 heavy (non-hydrogen) atoms. The van der Waals surface area contributed by atoms with Crippen LogP contribution in [0.4, 0.5) is 5.69 Å². The number of piperazine rings is 1. The number of carbonyl (C=O) groups is 1. The molecule has 0 bridgehead atoms. The van der Waals surface area contributed by atoms with Gasteiger partial charge in [-0.05, 0) is 42.3 Å². The van der Waals surface area contributed by atoms with Crippen LogP contribution < -0.4 is 10.0 Å². The van der Waals surface area contributed by atoms with Crippen molar-refractivity contribution in [3.05, 3.63) is 46.2 Å². The Labute approximate surface area is 169 Å². The molecule has 1 saturated heterocycles. The van der Waals surface area contributed by atoms with Gasteiger partial charge in [0.2, 0.25) is 15.9 Å². The molecule has 0 spiro atoms. The quantitative estimate of drug-likeness (QED) is 0.740. The molecular weight excluding hydrogens is 396 g/mol. The second kappa shape index (κ2) is 7.92. The van der Waals surface area contributed by atoms with Crippen LogP contribution in [-0.4, -0.2) is 63.9 Å². The Morgan fingerprint density at radius 2 is 2.00 bits per heavy atom. The zero-order valence-electron chi connectivity index (χ0n) is 15.7. The summed E-state index contributed by atoms with van der Waals surface area (Å²) in [4.78, 5) is 17.5. The van der Waals surface area contributed by atoms with E-state index in [9.17, 15) is 13.2 Å². The lowest BCUT2D eigenvalue weighted by Crippen LogP contribution is -2.48. The fraction of sp³-hybridized carbons (Fsp3) is 0.421. The van der Waals surface area contributed by atoms with Gasteiger partial charge >= 0.3 is 0 Å². The molecule has 1 aromatic heterocycles. The van der Waals surface area contributed by atoms with Crippen molar-refractivity contribution < 1.29 is 13.2 Å². The van der Waals surface area contributed by atoms with Crippen molar-refractivity contribution in [1.29, 1.82) is 0 Å². The molecule has 2 N–H and O–H groups in total. The third kappa shape index (κ3) is 4.13. The summed E-state index contributed by atoms with van der Waals surface area (Å²) in [7, 11) is -1.55. The Morgan fingerprint density at radius 3 is 2.71 bits per heavy atom. The van der Waals surface area contributed by atoms with Crippen LogP contribution in [0, 0.1) is 0 Å². The van der Waals surface area contributed by atoms with Gasteiger partial charge in [-0.15, -0.1) is 11.3 Å². The van der Waals surface area contributed by atoms with Crippen LogP contribution >= 0.6 is 11.3 Å². The lowest BCUT2D eigenvalue weighted by molar-refractivity contribution is -0.115. The number of sulfonamides is 1. The highest BCUT2D eigenvalue weighted by atomic mass is 32.2. The van der Waals surface area contributed by atoms with Crippen molar-refractivity contribution >= 4 is 33.0 Å². The molecular formula is C19H24N4O3S2. The van der Waals surface area contributed by atoms with Crippen LogP contribution in [0.25, 0.3) is 0 Å². The topological polar surface area (TPSA) is 81.8 Å². The molecule has 2 aromatic rings. The Kier molecular flexibility index (Phi) is 5.52. The maximum Gasteiger partial charge on any atom is 0.240 e. The number of nitrogens with one attached hydrogen (secondary N) is 2. The first-order chi connectivity index (χ1) is 13.4. The number of likely N-dealkylation sites (N-methyl/N-ethyl adjacent to an activating group) is 1. The largest absolute Gasteiger partial charge is 0.326 e. The van der Waals surface area contributed by atoms with Crippen LogP contribution in [0.1, 0.15) is 16.5 Å². The number of hydrogen-bond acceptors (Lipinski definition) is 6. The van der Waals surface area contributed by atoms with Crippen LogP contribution in [0.15, 0.2) is 40.6 Å². The van der Waals surface area contributed by atoms with E-state index >= 15 is 0 Å². The number of rotatable bonds is 6. The molecule has 0 radical (unpaired) electrons. The zero-order valence-corrected chi connectivity index (χ0v) is 17.4. The van der Waals surface area contributed by atoms with Gasteiger partial charge in [0.25, 0.3) is 0 Å². The van der Waals surface area contributed by atoms with E-state index in [2.05, 4.69) is 33.0 Å². The molecule has 3 heterocycles. The Hall–Kier alpha value is -1.78. The number of hydrogen-bond donors (Lipinski definition) is 2. The lowest BCUT2D eigenvalue weighted by Gasteiger charge is -2.37. The van der Waals surface area contributed by atoms with Gasteiger partial charge in [0.05, 0.1) is 17.4 Å². The first-order valence-corrected chi connectivity index (χ1v) is 11.7. The molecule has 1 amide bonds. The van der Waals surface area contributed by atoms with Gasteiger partial charge in [-0.1, -0.05) is 6.07 Å². The molecule has 4 rings (SSSR count). The van der Waals surface area contributed by atoms with Gasteiger partial charge in [-0.2, -0.15) is 0 Å². The van der Waals surface area contributed by atoms with Crippen molar-refractivity contribution in [2.45, 2.75) is 17.4 Å². The summed E-state index contributed by atoms with van der Waals surface area (Å²) in [5, 5.41) is 4.75. The summed E-state index contributed by atoms with van der Waals surface area (Å²) in [6.07, 6.45) is 0.220. The highest BCUT2D eigenvalue weighted by Gasteiger charge is 2.27. The predicted octanol–water partition coefficient (Wildman–Crippen LogP) is 1.51. The number of anilines is 1. The van der Waals surface area contributed by atoms with Crippen molar-refractivity contribution in [3.63, 3.8) is 0 Å². The van der Waals surface area contributed by atoms with Crippen molar-refractivity contribution in [2.24, 2.45) is 0 Å². The monoisotopic (exact) mass is 420 g/mol. The average molecular weight is 421 g/mol. The molecule has 9 heteroatoms. The Balaban J connectivity index is 1.50. The second-order valence-corrected chi connectivity index (χ2v) is 10.0. The summed E-state index contributed by atoms with van der Waals surface area (Å²) in [6.45, 7) is 4.09. The molecule has 1 aromatic carbocycles. The molecule has 1 unspecified atom stereocenters. The smallest absolute Gasteiger partial charge is 0.240 e. The molecule has 1 atom stereocenters. The summed E-state index contributed by atoms with van der Waals surface area (Å²) < 4.78 is 28.6. The molecule has 2 aliphatic heterocycles. The first-order valence-electron chi connectivity index (χ1n) is 9.31. The number of thiophene rings is 1. The van der Waals surface area contributed by atoms with Crippen LogP contribution in [0.3, 0.4) is 0 Å². The highest BCUT2D eigenvalue weighted by Crippen LogP contribution is 2.28. The molecule has 1 fully saturated rings. The standard InChI is InChI=1S/C19H24N4O3S2/c1-22-6-8-23(9-7-22)17(18-3-2-10-27-18)13-20-28(25,26)15-4-5-16-14(11-15)12-19(24)21-16/h2-5,10-11,17,20H,6-9,12-13H2,1H3,(H,21,24). The predicted molar refractivity (Wildman–Crippen MR) is 110 cm³/mol. The minimum absolute atomic E-state index is 0.0150. The van der Waals surface area contributed by atoms with Gasteiger partial charge in [0.1, 0.15) is 0 Å². The van der Waals surface area contributed by atoms with Gasteiger partial charge in [-0.3, -0.25) is 9.69 Å². The van der Waals surface area contributed by atoms with E-state index in [1.165, 1.54) is 0 Å². The van der Waals surface area contributed by atoms with Crippen molar-refractivity contribution in [1.82, 2.24) is 14.5 Å². The van der Waals surface area contributed by atoms with Gasteiger partial charge in [0, 0.05) is 43.3 Å². The van der Waals surface area contributed by atoms with Crippen LogP contribution in [0.2, 0.25) is 0 Å². The number of benzene rings is 1. The normalized spacial score (nSPS) is 19.4. The van der Waals surface area contributed by atoms with E-state index in [4.69, 9.17) is 0 Å². The van der Waals surface area contributed by atoms with E-state index in [0.717, 1.165) is 36.6 Å². The SMILES string of the molecule is CN1CCN(C(CNS(=O)(=O)c2ccc3c(c2)CC(=O)N3)c2cccs2)CC1. The maximum absolute atomic E-state index is 12.9. The number of carbonyl (C=O) groups excluding carboxylic acids is 1. The van der Waals surface area contributed by atoms with Gasteiger partial charge in [0.15, 0.2) is 0 Å². The minimum atomic E-state index is -3.66. The summed E-state index contributed by atoms with van der Waals surface area (Å²) >= 11 is 1.65. The minimum Gasteiger partial charge on any atom is -0.326 e. The number of fused-ring (bicyclic) bond motifs is 1. The van der Waals surface area contributed by atoms with E-state index in [-0.39, 0.29) is 23.3 Å². The first kappa shape index (κ1) is 19.5. The van der Waals surface area contributed by atoms with E-state index in [1.54, 1.807) is 29.5 Å². The molecule has 150 valence electrons. The Bertz CT molecular complexity index is 952. The van der Waals surface area contributed by atoms with Crippen molar-refractivity contribution in [2.75, 3.05) is 45.1 Å². The fourth-order valence-electron chi connectivity index (χ4n) is 3.67. The molecule has 2 aliphatic rings. The summed E-state index contributed by atoms with van der Waals surface area (Å²) in [5.41, 5.74) is 1.42. The van der Waals surface area contributed by atoms with Crippen molar-refractivity contribution in [3.8, 4) is 0 Å². The summed E-state index contributed by atoms with van der Waals surface area (Å²) in [5.74, 6) is -0.106. The Morgan fingerprint density at radius 1 is 1.21 bits per heavy atom. The van der Waals surface area contributed by atoms with E-state index in [1.807, 2.05) is 11.4 Å². The molecule has 0 saturated carbocycles.